The lowest BCUT2D eigenvalue weighted by atomic mass is 10.2. The van der Waals surface area contributed by atoms with Crippen molar-refractivity contribution in [1.82, 2.24) is 0 Å². The molecule has 5 heteroatoms. The molecule has 0 aliphatic rings. The second kappa shape index (κ2) is 9.42. The van der Waals surface area contributed by atoms with Crippen LogP contribution in [0.15, 0.2) is 24.3 Å². The quantitative estimate of drug-likeness (QED) is 0.590. The Morgan fingerprint density at radius 2 is 1.95 bits per heavy atom. The second-order valence-corrected chi connectivity index (χ2v) is 5.34. The van der Waals surface area contributed by atoms with Crippen LogP contribution >= 0.6 is 11.8 Å². The number of amides is 1. The Kier molecular flexibility index (Phi) is 7.80. The summed E-state index contributed by atoms with van der Waals surface area (Å²) in [5, 5.41) is 2.81. The van der Waals surface area contributed by atoms with E-state index in [4.69, 9.17) is 4.74 Å². The molecule has 0 fully saturated rings. The number of benzene rings is 1. The Morgan fingerprint density at radius 3 is 2.55 bits per heavy atom. The van der Waals surface area contributed by atoms with Gasteiger partial charge in [-0.15, -0.1) is 0 Å². The van der Waals surface area contributed by atoms with Crippen molar-refractivity contribution in [2.75, 3.05) is 23.9 Å². The first kappa shape index (κ1) is 16.6. The largest absolute Gasteiger partial charge is 0.462 e. The summed E-state index contributed by atoms with van der Waals surface area (Å²) in [6, 6.07) is 6.76. The number of thioether (sulfide) groups is 1. The standard InChI is InChI=1S/C15H21NO3S/c1-3-10-19-15(18)12-6-8-13(9-7-12)16-14(17)5-4-11-20-2/h6-9H,3-5,10-11H2,1-2H3,(H,16,17). The van der Waals surface area contributed by atoms with E-state index >= 15 is 0 Å². The SMILES string of the molecule is CCCOC(=O)c1ccc(NC(=O)CCCSC)cc1. The summed E-state index contributed by atoms with van der Waals surface area (Å²) in [7, 11) is 0. The summed E-state index contributed by atoms with van der Waals surface area (Å²) in [4.78, 5) is 23.2. The molecule has 1 aromatic rings. The van der Waals surface area contributed by atoms with Crippen molar-refractivity contribution in [3.05, 3.63) is 29.8 Å². The topological polar surface area (TPSA) is 55.4 Å². The fraction of sp³-hybridized carbons (Fsp3) is 0.467. The van der Waals surface area contributed by atoms with Gasteiger partial charge in [0.05, 0.1) is 12.2 Å². The van der Waals surface area contributed by atoms with E-state index in [9.17, 15) is 9.59 Å². The third-order valence-electron chi connectivity index (χ3n) is 2.59. The molecule has 4 nitrogen and oxygen atoms in total. The van der Waals surface area contributed by atoms with Crippen LogP contribution in [0, 0.1) is 0 Å². The van der Waals surface area contributed by atoms with Crippen LogP contribution in [0.2, 0.25) is 0 Å². The van der Waals surface area contributed by atoms with Crippen LogP contribution in [0.3, 0.4) is 0 Å². The summed E-state index contributed by atoms with van der Waals surface area (Å²) in [5.74, 6) is 0.653. The average molecular weight is 295 g/mol. The summed E-state index contributed by atoms with van der Waals surface area (Å²) in [6.45, 7) is 2.37. The Morgan fingerprint density at radius 1 is 1.25 bits per heavy atom. The first-order valence-electron chi connectivity index (χ1n) is 6.73. The van der Waals surface area contributed by atoms with Crippen molar-refractivity contribution < 1.29 is 14.3 Å². The van der Waals surface area contributed by atoms with E-state index in [0.29, 0.717) is 24.3 Å². The number of carbonyl (C=O) groups is 2. The van der Waals surface area contributed by atoms with E-state index in [2.05, 4.69) is 5.32 Å². The van der Waals surface area contributed by atoms with Gasteiger partial charge in [-0.05, 0) is 49.1 Å². The number of carbonyl (C=O) groups excluding carboxylic acids is 2. The molecule has 0 aromatic heterocycles. The molecule has 0 spiro atoms. The molecule has 0 heterocycles. The molecule has 0 bridgehead atoms. The predicted molar refractivity (Wildman–Crippen MR) is 83.3 cm³/mol. The van der Waals surface area contributed by atoms with Gasteiger partial charge in [-0.1, -0.05) is 6.92 Å². The van der Waals surface area contributed by atoms with Crippen LogP contribution < -0.4 is 5.32 Å². The van der Waals surface area contributed by atoms with Gasteiger partial charge in [0.2, 0.25) is 5.91 Å². The Balaban J connectivity index is 2.45. The maximum atomic E-state index is 11.6. The summed E-state index contributed by atoms with van der Waals surface area (Å²) >= 11 is 1.73. The first-order valence-corrected chi connectivity index (χ1v) is 8.12. The lowest BCUT2D eigenvalue weighted by Crippen LogP contribution is -2.12. The van der Waals surface area contributed by atoms with Crippen molar-refractivity contribution >= 4 is 29.3 Å². The molecule has 1 amide bonds. The smallest absolute Gasteiger partial charge is 0.338 e. The highest BCUT2D eigenvalue weighted by Crippen LogP contribution is 2.11. The maximum absolute atomic E-state index is 11.6. The van der Waals surface area contributed by atoms with Crippen LogP contribution in [0.5, 0.6) is 0 Å². The van der Waals surface area contributed by atoms with E-state index in [0.717, 1.165) is 18.6 Å². The zero-order chi connectivity index (χ0) is 14.8. The second-order valence-electron chi connectivity index (χ2n) is 4.36. The minimum absolute atomic E-state index is 0.000333. The number of hydrogen-bond acceptors (Lipinski definition) is 4. The van der Waals surface area contributed by atoms with Crippen molar-refractivity contribution in [3.63, 3.8) is 0 Å². The Bertz CT molecular complexity index is 431. The van der Waals surface area contributed by atoms with Gasteiger partial charge in [-0.3, -0.25) is 4.79 Å². The fourth-order valence-corrected chi connectivity index (χ4v) is 2.00. The van der Waals surface area contributed by atoms with Crippen molar-refractivity contribution in [3.8, 4) is 0 Å². The van der Waals surface area contributed by atoms with E-state index in [-0.39, 0.29) is 11.9 Å². The minimum atomic E-state index is -0.329. The molecule has 1 aromatic carbocycles. The molecule has 0 aliphatic heterocycles. The van der Waals surface area contributed by atoms with E-state index in [1.165, 1.54) is 0 Å². The molecule has 1 rings (SSSR count). The Hall–Kier alpha value is -1.49. The lowest BCUT2D eigenvalue weighted by molar-refractivity contribution is -0.116. The summed E-state index contributed by atoms with van der Waals surface area (Å²) < 4.78 is 5.04. The molecule has 0 unspecified atom stereocenters. The van der Waals surface area contributed by atoms with Crippen LogP contribution in [0.4, 0.5) is 5.69 Å². The highest BCUT2D eigenvalue weighted by Gasteiger charge is 2.07. The number of esters is 1. The first-order chi connectivity index (χ1) is 9.67. The van der Waals surface area contributed by atoms with Gasteiger partial charge in [-0.25, -0.2) is 4.79 Å². The molecule has 0 saturated carbocycles. The molecule has 0 saturated heterocycles. The highest BCUT2D eigenvalue weighted by molar-refractivity contribution is 7.98. The number of hydrogen-bond donors (Lipinski definition) is 1. The third-order valence-corrected chi connectivity index (χ3v) is 3.29. The molecular formula is C15H21NO3S. The molecule has 0 radical (unpaired) electrons. The maximum Gasteiger partial charge on any atom is 0.338 e. The van der Waals surface area contributed by atoms with Crippen LogP contribution in [-0.2, 0) is 9.53 Å². The zero-order valence-corrected chi connectivity index (χ0v) is 12.8. The van der Waals surface area contributed by atoms with Crippen molar-refractivity contribution in [2.24, 2.45) is 0 Å². The van der Waals surface area contributed by atoms with Crippen molar-refractivity contribution in [1.29, 1.82) is 0 Å². The van der Waals surface area contributed by atoms with Gasteiger partial charge < -0.3 is 10.1 Å². The number of rotatable bonds is 8. The van der Waals surface area contributed by atoms with E-state index in [1.807, 2.05) is 13.2 Å². The normalized spacial score (nSPS) is 10.1. The minimum Gasteiger partial charge on any atom is -0.462 e. The van der Waals surface area contributed by atoms with Gasteiger partial charge >= 0.3 is 5.97 Å². The molecule has 1 N–H and O–H groups in total. The zero-order valence-electron chi connectivity index (χ0n) is 12.0. The van der Waals surface area contributed by atoms with Gasteiger partial charge in [-0.2, -0.15) is 11.8 Å². The molecule has 0 atom stereocenters. The monoisotopic (exact) mass is 295 g/mol. The average Bonchev–Trinajstić information content (AvgIpc) is 2.46. The van der Waals surface area contributed by atoms with Gasteiger partial charge in [0.1, 0.15) is 0 Å². The van der Waals surface area contributed by atoms with Crippen LogP contribution in [0.25, 0.3) is 0 Å². The predicted octanol–water partition coefficient (Wildman–Crippen LogP) is 3.34. The van der Waals surface area contributed by atoms with Crippen molar-refractivity contribution in [2.45, 2.75) is 26.2 Å². The molecule has 0 aliphatic carbocycles. The van der Waals surface area contributed by atoms with Gasteiger partial charge in [0.25, 0.3) is 0 Å². The lowest BCUT2D eigenvalue weighted by Gasteiger charge is -2.06. The highest BCUT2D eigenvalue weighted by atomic mass is 32.2. The number of ether oxygens (including phenoxy) is 1. The van der Waals surface area contributed by atoms with E-state index < -0.39 is 0 Å². The number of anilines is 1. The van der Waals surface area contributed by atoms with E-state index in [1.54, 1.807) is 36.0 Å². The summed E-state index contributed by atoms with van der Waals surface area (Å²) in [6.07, 6.45) is 4.21. The molecular weight excluding hydrogens is 274 g/mol. The van der Waals surface area contributed by atoms with Crippen LogP contribution in [-0.4, -0.2) is 30.5 Å². The van der Waals surface area contributed by atoms with Crippen LogP contribution in [0.1, 0.15) is 36.5 Å². The molecule has 20 heavy (non-hydrogen) atoms. The number of nitrogens with one attached hydrogen (secondary N) is 1. The fourth-order valence-electron chi connectivity index (χ4n) is 1.57. The van der Waals surface area contributed by atoms with Gasteiger partial charge in [0.15, 0.2) is 0 Å². The van der Waals surface area contributed by atoms with Gasteiger partial charge in [0, 0.05) is 12.1 Å². The Labute approximate surface area is 124 Å². The summed E-state index contributed by atoms with van der Waals surface area (Å²) in [5.41, 5.74) is 1.20. The molecule has 110 valence electrons. The third kappa shape index (κ3) is 6.10.